The molecule has 0 amide bonds. The molecule has 0 bridgehead atoms. The molecule has 1 unspecified atom stereocenters. The average Bonchev–Trinajstić information content (AvgIpc) is 2.89. The lowest BCUT2D eigenvalue weighted by Crippen LogP contribution is -2.22. The molecule has 1 N–H and O–H groups in total. The third-order valence-electron chi connectivity index (χ3n) is 7.06. The van der Waals surface area contributed by atoms with Crippen LogP contribution in [-0.2, 0) is 0 Å². The van der Waals surface area contributed by atoms with Crippen LogP contribution in [-0.4, -0.2) is 5.71 Å². The topological polar surface area (TPSA) is 48.2 Å². The summed E-state index contributed by atoms with van der Waals surface area (Å²) in [5.74, 6) is 0.430. The van der Waals surface area contributed by atoms with Crippen LogP contribution in [0, 0.1) is 17.2 Å². The minimum atomic E-state index is 0.430. The van der Waals surface area contributed by atoms with E-state index in [1.165, 1.54) is 21.9 Å². The van der Waals surface area contributed by atoms with Gasteiger partial charge in [0, 0.05) is 22.2 Å². The van der Waals surface area contributed by atoms with Crippen molar-refractivity contribution in [1.29, 1.82) is 5.26 Å². The van der Waals surface area contributed by atoms with Gasteiger partial charge in [-0.05, 0) is 66.2 Å². The van der Waals surface area contributed by atoms with E-state index in [0.717, 1.165) is 59.3 Å². The number of hydrogen-bond acceptors (Lipinski definition) is 3. The molecular weight excluding hydrogens is 414 g/mol. The number of allylic oxidation sites excluding steroid dienone is 4. The van der Waals surface area contributed by atoms with Crippen molar-refractivity contribution < 1.29 is 0 Å². The van der Waals surface area contributed by atoms with Crippen molar-refractivity contribution in [2.24, 2.45) is 10.9 Å². The van der Waals surface area contributed by atoms with E-state index in [1.807, 2.05) is 24.3 Å². The Bertz CT molecular complexity index is 1540. The molecule has 0 saturated heterocycles. The van der Waals surface area contributed by atoms with Gasteiger partial charge in [0.25, 0.3) is 0 Å². The first-order chi connectivity index (χ1) is 16.8. The van der Waals surface area contributed by atoms with Gasteiger partial charge in [-0.3, -0.25) is 4.99 Å². The van der Waals surface area contributed by atoms with Gasteiger partial charge in [-0.1, -0.05) is 72.8 Å². The highest BCUT2D eigenvalue weighted by Gasteiger charge is 2.29. The van der Waals surface area contributed by atoms with Crippen LogP contribution in [0.1, 0.15) is 25.7 Å². The summed E-state index contributed by atoms with van der Waals surface area (Å²) in [4.78, 5) is 5.03. The average molecular weight is 440 g/mol. The lowest BCUT2D eigenvalue weighted by Gasteiger charge is -2.30. The van der Waals surface area contributed by atoms with Crippen LogP contribution >= 0.6 is 0 Å². The fourth-order valence-corrected chi connectivity index (χ4v) is 5.34. The molecule has 0 heterocycles. The molecule has 0 aromatic heterocycles. The number of nitriles is 1. The van der Waals surface area contributed by atoms with Crippen molar-refractivity contribution >= 4 is 38.6 Å². The molecule has 164 valence electrons. The van der Waals surface area contributed by atoms with Crippen LogP contribution in [0.4, 0.5) is 11.4 Å². The van der Waals surface area contributed by atoms with Crippen molar-refractivity contribution in [3.63, 3.8) is 0 Å². The van der Waals surface area contributed by atoms with Gasteiger partial charge in [0.2, 0.25) is 0 Å². The molecule has 34 heavy (non-hydrogen) atoms. The number of hydrogen-bond donors (Lipinski definition) is 1. The highest BCUT2D eigenvalue weighted by atomic mass is 14.9. The maximum Gasteiger partial charge on any atom is 0.101 e. The molecule has 0 spiro atoms. The molecule has 4 aromatic carbocycles. The summed E-state index contributed by atoms with van der Waals surface area (Å²) in [6.45, 7) is 0. The number of nitrogens with zero attached hydrogens (tertiary/aromatic N) is 2. The van der Waals surface area contributed by atoms with Gasteiger partial charge in [-0.2, -0.15) is 5.26 Å². The zero-order valence-corrected chi connectivity index (χ0v) is 19.0. The quantitative estimate of drug-likeness (QED) is 0.351. The summed E-state index contributed by atoms with van der Waals surface area (Å²) in [6, 6.07) is 31.8. The summed E-state index contributed by atoms with van der Waals surface area (Å²) < 4.78 is 0. The second-order valence-corrected chi connectivity index (χ2v) is 9.09. The lowest BCUT2D eigenvalue weighted by molar-refractivity contribution is 0.512. The number of fused-ring (bicyclic) bond motifs is 3. The van der Waals surface area contributed by atoms with Crippen LogP contribution in [0.15, 0.2) is 113 Å². The fourth-order valence-electron chi connectivity index (χ4n) is 5.34. The van der Waals surface area contributed by atoms with Gasteiger partial charge in [-0.25, -0.2) is 0 Å². The van der Waals surface area contributed by atoms with Crippen LogP contribution in [0.3, 0.4) is 0 Å². The smallest absolute Gasteiger partial charge is 0.101 e. The molecule has 2 aliphatic rings. The predicted molar refractivity (Wildman–Crippen MR) is 141 cm³/mol. The minimum absolute atomic E-state index is 0.430. The van der Waals surface area contributed by atoms with Crippen LogP contribution in [0.5, 0.6) is 0 Å². The SMILES string of the molecule is N#CC1=C2C=C(Nc3cccc4ccccc34)CCC2CCC1=Nc1cccc2ccccc12. The number of aliphatic imine (C=N–C) groups is 1. The van der Waals surface area contributed by atoms with Gasteiger partial charge in [0.05, 0.1) is 17.0 Å². The Labute approximate surface area is 199 Å². The largest absolute Gasteiger partial charge is 0.358 e. The van der Waals surface area contributed by atoms with Crippen LogP contribution < -0.4 is 5.32 Å². The molecule has 1 atom stereocenters. The maximum atomic E-state index is 10.2. The van der Waals surface area contributed by atoms with Crippen molar-refractivity contribution in [2.45, 2.75) is 25.7 Å². The summed E-state index contributed by atoms with van der Waals surface area (Å²) in [5.41, 5.74) is 6.02. The Hall–Kier alpha value is -4.16. The van der Waals surface area contributed by atoms with Crippen LogP contribution in [0.2, 0.25) is 0 Å². The van der Waals surface area contributed by atoms with Crippen molar-refractivity contribution in [1.82, 2.24) is 0 Å². The summed E-state index contributed by atoms with van der Waals surface area (Å²) in [7, 11) is 0. The van der Waals surface area contributed by atoms with Crippen molar-refractivity contribution in [2.75, 3.05) is 5.32 Å². The standard InChI is InChI=1S/C31H25N3/c32-20-28-27-19-24(33-29-13-5-9-21-7-1-3-11-25(21)29)17-15-23(27)16-18-31(28)34-30-14-6-10-22-8-2-4-12-26(22)30/h1-14,19,23,33H,15-18H2. The molecule has 0 radical (unpaired) electrons. The molecular formula is C31H25N3. The zero-order chi connectivity index (χ0) is 22.9. The van der Waals surface area contributed by atoms with E-state index in [4.69, 9.17) is 4.99 Å². The first-order valence-electron chi connectivity index (χ1n) is 12.0. The predicted octanol–water partition coefficient (Wildman–Crippen LogP) is 8.09. The number of anilines is 1. The Morgan fingerprint density at radius 2 is 1.44 bits per heavy atom. The van der Waals surface area contributed by atoms with Crippen LogP contribution in [0.25, 0.3) is 21.5 Å². The first-order valence-corrected chi connectivity index (χ1v) is 12.0. The minimum Gasteiger partial charge on any atom is -0.358 e. The number of rotatable bonds is 3. The maximum absolute atomic E-state index is 10.2. The Kier molecular flexibility index (Phi) is 5.20. The summed E-state index contributed by atoms with van der Waals surface area (Å²) >= 11 is 0. The van der Waals surface area contributed by atoms with Gasteiger partial charge >= 0.3 is 0 Å². The molecule has 0 aliphatic heterocycles. The van der Waals surface area contributed by atoms with Crippen molar-refractivity contribution in [3.8, 4) is 6.07 Å². The molecule has 3 heteroatoms. The second kappa shape index (κ2) is 8.65. The van der Waals surface area contributed by atoms with E-state index in [-0.39, 0.29) is 0 Å². The molecule has 6 rings (SSSR count). The lowest BCUT2D eigenvalue weighted by atomic mass is 9.76. The molecule has 4 aromatic rings. The molecule has 0 fully saturated rings. The van der Waals surface area contributed by atoms with Gasteiger partial charge in [0.15, 0.2) is 0 Å². The molecule has 2 aliphatic carbocycles. The Morgan fingerprint density at radius 3 is 2.26 bits per heavy atom. The van der Waals surface area contributed by atoms with E-state index in [0.29, 0.717) is 5.92 Å². The van der Waals surface area contributed by atoms with E-state index < -0.39 is 0 Å². The second-order valence-electron chi connectivity index (χ2n) is 9.09. The normalized spacial score (nSPS) is 19.1. The Morgan fingerprint density at radius 1 is 0.765 bits per heavy atom. The molecule has 0 saturated carbocycles. The third kappa shape index (κ3) is 3.68. The van der Waals surface area contributed by atoms with Gasteiger partial charge in [-0.15, -0.1) is 0 Å². The number of nitrogens with one attached hydrogen (secondary N) is 1. The monoisotopic (exact) mass is 439 g/mol. The first kappa shape index (κ1) is 20.4. The van der Waals surface area contributed by atoms with Crippen molar-refractivity contribution in [3.05, 3.63) is 108 Å². The zero-order valence-electron chi connectivity index (χ0n) is 19.0. The highest BCUT2D eigenvalue weighted by molar-refractivity contribution is 6.08. The summed E-state index contributed by atoms with van der Waals surface area (Å²) in [6.07, 6.45) is 6.16. The van der Waals surface area contributed by atoms with E-state index in [1.54, 1.807) is 0 Å². The molecule has 3 nitrogen and oxygen atoms in total. The van der Waals surface area contributed by atoms with E-state index in [2.05, 4.69) is 78.1 Å². The van der Waals surface area contributed by atoms with E-state index >= 15 is 0 Å². The van der Waals surface area contributed by atoms with Gasteiger partial charge < -0.3 is 5.32 Å². The van der Waals surface area contributed by atoms with E-state index in [9.17, 15) is 5.26 Å². The highest BCUT2D eigenvalue weighted by Crippen LogP contribution is 2.39. The number of benzene rings is 4. The van der Waals surface area contributed by atoms with Gasteiger partial charge in [0.1, 0.15) is 6.07 Å². The Balaban J connectivity index is 1.40. The summed E-state index contributed by atoms with van der Waals surface area (Å²) in [5, 5.41) is 18.6. The third-order valence-corrected chi connectivity index (χ3v) is 7.06. The fraction of sp³-hybridized carbons (Fsp3) is 0.161.